The number of carbonyl (C=O) groups is 1. The molecule has 1 unspecified atom stereocenters. The summed E-state index contributed by atoms with van der Waals surface area (Å²) in [5, 5.41) is 3.09. The first-order valence-corrected chi connectivity index (χ1v) is 4.35. The molecular weight excluding hydrogens is 182 g/mol. The Hall–Kier alpha value is -1.71. The number of fused-ring (bicyclic) bond motifs is 1. The third kappa shape index (κ3) is 1.19. The number of nitrogens with one attached hydrogen (secondary N) is 1. The highest BCUT2D eigenvalue weighted by atomic mass is 16.5. The van der Waals surface area contributed by atoms with E-state index >= 15 is 0 Å². The van der Waals surface area contributed by atoms with E-state index in [1.165, 1.54) is 7.11 Å². The van der Waals surface area contributed by atoms with Crippen molar-refractivity contribution < 1.29 is 14.3 Å². The first-order chi connectivity index (χ1) is 6.76. The summed E-state index contributed by atoms with van der Waals surface area (Å²) in [5.41, 5.74) is 1.28. The Morgan fingerprint density at radius 3 is 3.00 bits per heavy atom. The molecule has 1 N–H and O–H groups in total. The molecule has 1 aliphatic heterocycles. The molecule has 4 heteroatoms. The maximum absolute atomic E-state index is 10.7. The Labute approximate surface area is 81.8 Å². The Morgan fingerprint density at radius 2 is 2.36 bits per heavy atom. The van der Waals surface area contributed by atoms with Gasteiger partial charge in [-0.15, -0.1) is 0 Å². The van der Waals surface area contributed by atoms with Gasteiger partial charge in [-0.25, -0.2) is 0 Å². The third-order valence-corrected chi connectivity index (χ3v) is 2.13. The second-order valence-electron chi connectivity index (χ2n) is 3.08. The van der Waals surface area contributed by atoms with Crippen molar-refractivity contribution in [3.63, 3.8) is 0 Å². The summed E-state index contributed by atoms with van der Waals surface area (Å²) >= 11 is 0. The van der Waals surface area contributed by atoms with Gasteiger partial charge in [0.05, 0.1) is 12.7 Å². The molecule has 1 heterocycles. The number of carbonyl (C=O) groups excluding carboxylic acids is 1. The fourth-order valence-electron chi connectivity index (χ4n) is 1.55. The van der Waals surface area contributed by atoms with E-state index in [9.17, 15) is 4.79 Å². The zero-order valence-electron chi connectivity index (χ0n) is 8.03. The van der Waals surface area contributed by atoms with Gasteiger partial charge < -0.3 is 14.8 Å². The zero-order chi connectivity index (χ0) is 10.1. The van der Waals surface area contributed by atoms with Crippen LogP contribution in [0.25, 0.3) is 0 Å². The number of anilines is 1. The second-order valence-corrected chi connectivity index (χ2v) is 3.08. The van der Waals surface area contributed by atoms with Crippen molar-refractivity contribution in [2.45, 2.75) is 13.2 Å². The molecular formula is C10H11NO3. The van der Waals surface area contributed by atoms with Crippen LogP contribution in [-0.2, 0) is 0 Å². The predicted octanol–water partition coefficient (Wildman–Crippen LogP) is 1.66. The summed E-state index contributed by atoms with van der Waals surface area (Å²) in [5.74, 6) is 1.27. The van der Waals surface area contributed by atoms with Crippen molar-refractivity contribution in [2.24, 2.45) is 0 Å². The van der Waals surface area contributed by atoms with Crippen molar-refractivity contribution in [2.75, 3.05) is 12.4 Å². The molecule has 74 valence electrons. The summed E-state index contributed by atoms with van der Waals surface area (Å²) in [6, 6.07) is 3.45. The lowest BCUT2D eigenvalue weighted by atomic mass is 10.2. The van der Waals surface area contributed by atoms with Crippen LogP contribution < -0.4 is 14.8 Å². The van der Waals surface area contributed by atoms with E-state index < -0.39 is 0 Å². The summed E-state index contributed by atoms with van der Waals surface area (Å²) < 4.78 is 10.6. The molecule has 1 aromatic carbocycles. The van der Waals surface area contributed by atoms with Gasteiger partial charge in [0.2, 0.25) is 0 Å². The molecule has 0 aromatic heterocycles. The normalized spacial score (nSPS) is 18.0. The Kier molecular flexibility index (Phi) is 2.04. The Balaban J connectivity index is 2.54. The van der Waals surface area contributed by atoms with Gasteiger partial charge in [-0.1, -0.05) is 0 Å². The van der Waals surface area contributed by atoms with Crippen LogP contribution in [-0.4, -0.2) is 19.6 Å². The van der Waals surface area contributed by atoms with Gasteiger partial charge in [-0.05, 0) is 19.1 Å². The number of rotatable bonds is 2. The van der Waals surface area contributed by atoms with E-state index in [1.807, 2.05) is 6.92 Å². The quantitative estimate of drug-likeness (QED) is 0.725. The molecule has 0 radical (unpaired) electrons. The molecule has 1 aliphatic rings. The molecule has 0 amide bonds. The van der Waals surface area contributed by atoms with Crippen LogP contribution in [0, 0.1) is 0 Å². The number of hydrogen-bond acceptors (Lipinski definition) is 4. The van der Waals surface area contributed by atoms with Crippen molar-refractivity contribution >= 4 is 12.0 Å². The SMILES string of the molecule is COc1c(C=O)ccc2c1NC(C)O2. The average Bonchev–Trinajstić information content (AvgIpc) is 2.56. The fourth-order valence-corrected chi connectivity index (χ4v) is 1.55. The van der Waals surface area contributed by atoms with E-state index in [2.05, 4.69) is 5.32 Å². The first-order valence-electron chi connectivity index (χ1n) is 4.35. The van der Waals surface area contributed by atoms with Crippen LogP contribution in [0.3, 0.4) is 0 Å². The summed E-state index contributed by atoms with van der Waals surface area (Å²) in [7, 11) is 1.54. The van der Waals surface area contributed by atoms with Gasteiger partial charge in [0, 0.05) is 0 Å². The number of benzene rings is 1. The van der Waals surface area contributed by atoms with Gasteiger partial charge in [-0.3, -0.25) is 4.79 Å². The maximum Gasteiger partial charge on any atom is 0.167 e. The number of ether oxygens (including phenoxy) is 2. The summed E-state index contributed by atoms with van der Waals surface area (Å²) in [6.07, 6.45) is 0.685. The van der Waals surface area contributed by atoms with Crippen LogP contribution in [0.4, 0.5) is 5.69 Å². The zero-order valence-corrected chi connectivity index (χ0v) is 8.03. The van der Waals surface area contributed by atoms with Gasteiger partial charge in [0.1, 0.15) is 11.4 Å². The van der Waals surface area contributed by atoms with E-state index in [1.54, 1.807) is 12.1 Å². The lowest BCUT2D eigenvalue weighted by Gasteiger charge is -2.07. The molecule has 0 spiro atoms. The standard InChI is InChI=1S/C10H11NO3/c1-6-11-9-8(14-6)4-3-7(5-12)10(9)13-2/h3-6,11H,1-2H3. The lowest BCUT2D eigenvalue weighted by molar-refractivity contribution is 0.112. The third-order valence-electron chi connectivity index (χ3n) is 2.13. The van der Waals surface area contributed by atoms with Gasteiger partial charge in [0.15, 0.2) is 18.3 Å². The Bertz CT molecular complexity index is 376. The molecule has 0 bridgehead atoms. The first kappa shape index (κ1) is 8.87. The predicted molar refractivity (Wildman–Crippen MR) is 52.1 cm³/mol. The molecule has 0 aliphatic carbocycles. The van der Waals surface area contributed by atoms with E-state index in [4.69, 9.17) is 9.47 Å². The molecule has 1 aromatic rings. The molecule has 2 rings (SSSR count). The van der Waals surface area contributed by atoms with Crippen LogP contribution >= 0.6 is 0 Å². The van der Waals surface area contributed by atoms with Crippen molar-refractivity contribution in [3.8, 4) is 11.5 Å². The van der Waals surface area contributed by atoms with Crippen LogP contribution in [0.5, 0.6) is 11.5 Å². The highest BCUT2D eigenvalue weighted by Crippen LogP contribution is 2.41. The van der Waals surface area contributed by atoms with E-state index in [-0.39, 0.29) is 6.23 Å². The van der Waals surface area contributed by atoms with Crippen LogP contribution in [0.15, 0.2) is 12.1 Å². The minimum absolute atomic E-state index is 0.0826. The molecule has 0 saturated carbocycles. The minimum Gasteiger partial charge on any atom is -0.494 e. The summed E-state index contributed by atoms with van der Waals surface area (Å²) in [4.78, 5) is 10.7. The topological polar surface area (TPSA) is 47.6 Å². The van der Waals surface area contributed by atoms with Gasteiger partial charge in [-0.2, -0.15) is 0 Å². The molecule has 1 atom stereocenters. The van der Waals surface area contributed by atoms with Gasteiger partial charge in [0.25, 0.3) is 0 Å². The maximum atomic E-state index is 10.7. The average molecular weight is 193 g/mol. The van der Waals surface area contributed by atoms with E-state index in [0.717, 1.165) is 17.7 Å². The number of methoxy groups -OCH3 is 1. The van der Waals surface area contributed by atoms with Crippen LogP contribution in [0.2, 0.25) is 0 Å². The number of hydrogen-bond donors (Lipinski definition) is 1. The van der Waals surface area contributed by atoms with Crippen molar-refractivity contribution in [1.82, 2.24) is 0 Å². The van der Waals surface area contributed by atoms with Crippen molar-refractivity contribution in [1.29, 1.82) is 0 Å². The van der Waals surface area contributed by atoms with Crippen molar-refractivity contribution in [3.05, 3.63) is 17.7 Å². The van der Waals surface area contributed by atoms with E-state index in [0.29, 0.717) is 11.3 Å². The molecule has 14 heavy (non-hydrogen) atoms. The molecule has 0 saturated heterocycles. The second kappa shape index (κ2) is 3.21. The smallest absolute Gasteiger partial charge is 0.167 e. The molecule has 4 nitrogen and oxygen atoms in total. The molecule has 0 fully saturated rings. The number of aldehydes is 1. The lowest BCUT2D eigenvalue weighted by Crippen LogP contribution is -2.14. The largest absolute Gasteiger partial charge is 0.494 e. The summed E-state index contributed by atoms with van der Waals surface area (Å²) in [6.45, 7) is 1.89. The minimum atomic E-state index is -0.0826. The van der Waals surface area contributed by atoms with Gasteiger partial charge >= 0.3 is 0 Å². The Morgan fingerprint density at radius 1 is 1.57 bits per heavy atom. The fraction of sp³-hybridized carbons (Fsp3) is 0.300. The highest BCUT2D eigenvalue weighted by Gasteiger charge is 2.23. The monoisotopic (exact) mass is 193 g/mol. The van der Waals surface area contributed by atoms with Crippen LogP contribution in [0.1, 0.15) is 17.3 Å². The highest BCUT2D eigenvalue weighted by molar-refractivity contribution is 5.86.